The third kappa shape index (κ3) is 3.61. The number of carbonyl (C=O) groups excluding carboxylic acids is 1. The van der Waals surface area contributed by atoms with Crippen molar-refractivity contribution in [1.29, 1.82) is 0 Å². The lowest BCUT2D eigenvalue weighted by molar-refractivity contribution is 0.0617. The van der Waals surface area contributed by atoms with E-state index < -0.39 is 0 Å². The zero-order valence-corrected chi connectivity index (χ0v) is 14.5. The largest absolute Gasteiger partial charge is 0.335 e. The van der Waals surface area contributed by atoms with Gasteiger partial charge in [0.15, 0.2) is 0 Å². The first-order valence-electron chi connectivity index (χ1n) is 7.48. The van der Waals surface area contributed by atoms with E-state index in [0.717, 1.165) is 29.7 Å². The van der Waals surface area contributed by atoms with Crippen molar-refractivity contribution in [3.8, 4) is 0 Å². The number of hydrogen-bond acceptors (Lipinski definition) is 3. The van der Waals surface area contributed by atoms with Crippen molar-refractivity contribution < 1.29 is 9.18 Å². The first kappa shape index (κ1) is 16.1. The number of rotatable bonds is 3. The molecule has 122 valence electrons. The van der Waals surface area contributed by atoms with E-state index in [1.54, 1.807) is 30.1 Å². The molecule has 3 rings (SSSR count). The third-order valence-electron chi connectivity index (χ3n) is 4.08. The predicted octanol–water partition coefficient (Wildman–Crippen LogP) is 2.28. The maximum atomic E-state index is 12.9. The van der Waals surface area contributed by atoms with E-state index in [0.29, 0.717) is 18.8 Å². The van der Waals surface area contributed by atoms with Gasteiger partial charge in [0, 0.05) is 39.8 Å². The normalized spacial score (nSPS) is 15.9. The fraction of sp³-hybridized carbons (Fsp3) is 0.375. The molecule has 0 bridgehead atoms. The Balaban J connectivity index is 1.58. The van der Waals surface area contributed by atoms with Crippen LogP contribution in [0.2, 0.25) is 0 Å². The molecular formula is C16H18BrFN4O. The first-order valence-corrected chi connectivity index (χ1v) is 8.27. The summed E-state index contributed by atoms with van der Waals surface area (Å²) in [5.74, 6) is -0.218. The van der Waals surface area contributed by atoms with Gasteiger partial charge in [-0.15, -0.1) is 0 Å². The average molecular weight is 381 g/mol. The van der Waals surface area contributed by atoms with Crippen LogP contribution >= 0.6 is 15.9 Å². The molecule has 1 amide bonds. The molecule has 0 spiro atoms. The molecule has 1 aromatic carbocycles. The maximum absolute atomic E-state index is 12.9. The second-order valence-corrected chi connectivity index (χ2v) is 6.51. The highest BCUT2D eigenvalue weighted by Crippen LogP contribution is 2.18. The standard InChI is InChI=1S/C16H18BrFN4O/c1-20-15(14(17)10-19-20)16(23)22-8-6-21(7-9-22)11-12-2-4-13(18)5-3-12/h2-5,10H,6-9,11H2,1H3. The predicted molar refractivity (Wildman–Crippen MR) is 88.5 cm³/mol. The van der Waals surface area contributed by atoms with Crippen molar-refractivity contribution in [1.82, 2.24) is 19.6 Å². The SMILES string of the molecule is Cn1ncc(Br)c1C(=O)N1CCN(Cc2ccc(F)cc2)CC1. The van der Waals surface area contributed by atoms with Crippen LogP contribution in [0.4, 0.5) is 4.39 Å². The van der Waals surface area contributed by atoms with E-state index in [4.69, 9.17) is 0 Å². The van der Waals surface area contributed by atoms with Crippen molar-refractivity contribution >= 4 is 21.8 Å². The monoisotopic (exact) mass is 380 g/mol. The molecule has 1 saturated heterocycles. The van der Waals surface area contributed by atoms with E-state index in [2.05, 4.69) is 25.9 Å². The summed E-state index contributed by atoms with van der Waals surface area (Å²) in [6.45, 7) is 3.74. The summed E-state index contributed by atoms with van der Waals surface area (Å²) in [4.78, 5) is 16.7. The number of piperazine rings is 1. The molecule has 7 heteroatoms. The highest BCUT2D eigenvalue weighted by molar-refractivity contribution is 9.10. The van der Waals surface area contributed by atoms with Gasteiger partial charge in [0.1, 0.15) is 11.5 Å². The Bertz CT molecular complexity index is 673. The van der Waals surface area contributed by atoms with Gasteiger partial charge < -0.3 is 4.90 Å². The van der Waals surface area contributed by atoms with Gasteiger partial charge in [0.25, 0.3) is 5.91 Å². The second kappa shape index (κ2) is 6.80. The minimum absolute atomic E-state index is 0.00157. The lowest BCUT2D eigenvalue weighted by Gasteiger charge is -2.34. The van der Waals surface area contributed by atoms with Gasteiger partial charge >= 0.3 is 0 Å². The van der Waals surface area contributed by atoms with Crippen molar-refractivity contribution in [2.45, 2.75) is 6.54 Å². The van der Waals surface area contributed by atoms with Crippen LogP contribution in [0.3, 0.4) is 0 Å². The third-order valence-corrected chi connectivity index (χ3v) is 4.66. The number of nitrogens with zero attached hydrogens (tertiary/aromatic N) is 4. The van der Waals surface area contributed by atoms with Gasteiger partial charge in [0.2, 0.25) is 0 Å². The number of hydrogen-bond donors (Lipinski definition) is 0. The quantitative estimate of drug-likeness (QED) is 0.819. The number of aromatic nitrogens is 2. The molecule has 1 aliphatic rings. The minimum Gasteiger partial charge on any atom is -0.335 e. The summed E-state index contributed by atoms with van der Waals surface area (Å²) in [6, 6.07) is 6.57. The maximum Gasteiger partial charge on any atom is 0.273 e. The topological polar surface area (TPSA) is 41.4 Å². The molecule has 2 heterocycles. The minimum atomic E-state index is -0.217. The van der Waals surface area contributed by atoms with Gasteiger partial charge in [-0.25, -0.2) is 4.39 Å². The first-order chi connectivity index (χ1) is 11.0. The van der Waals surface area contributed by atoms with E-state index in [1.165, 1.54) is 12.1 Å². The van der Waals surface area contributed by atoms with Gasteiger partial charge in [0.05, 0.1) is 10.7 Å². The Hall–Kier alpha value is -1.73. The Morgan fingerprint density at radius 3 is 2.43 bits per heavy atom. The molecule has 5 nitrogen and oxygen atoms in total. The number of halogens is 2. The van der Waals surface area contributed by atoms with Crippen LogP contribution in [-0.4, -0.2) is 51.7 Å². The molecule has 0 radical (unpaired) electrons. The molecule has 0 saturated carbocycles. The molecule has 0 atom stereocenters. The molecule has 0 N–H and O–H groups in total. The van der Waals surface area contributed by atoms with Crippen LogP contribution in [0.5, 0.6) is 0 Å². The lowest BCUT2D eigenvalue weighted by atomic mass is 10.2. The number of aryl methyl sites for hydroxylation is 1. The van der Waals surface area contributed by atoms with E-state index in [-0.39, 0.29) is 11.7 Å². The number of carbonyl (C=O) groups is 1. The Morgan fingerprint density at radius 2 is 1.87 bits per heavy atom. The van der Waals surface area contributed by atoms with E-state index >= 15 is 0 Å². The van der Waals surface area contributed by atoms with Crippen molar-refractivity contribution in [2.75, 3.05) is 26.2 Å². The Kier molecular flexibility index (Phi) is 4.77. The summed E-state index contributed by atoms with van der Waals surface area (Å²) in [6.07, 6.45) is 1.64. The molecule has 2 aromatic rings. The van der Waals surface area contributed by atoms with E-state index in [9.17, 15) is 9.18 Å². The summed E-state index contributed by atoms with van der Waals surface area (Å²) < 4.78 is 15.3. The van der Waals surface area contributed by atoms with Crippen LogP contribution in [0, 0.1) is 5.82 Å². The van der Waals surface area contributed by atoms with Crippen molar-refractivity contribution in [2.24, 2.45) is 7.05 Å². The molecule has 23 heavy (non-hydrogen) atoms. The van der Waals surface area contributed by atoms with Crippen LogP contribution in [-0.2, 0) is 13.6 Å². The highest BCUT2D eigenvalue weighted by Gasteiger charge is 2.25. The fourth-order valence-electron chi connectivity index (χ4n) is 2.76. The molecule has 1 aromatic heterocycles. The van der Waals surface area contributed by atoms with Gasteiger partial charge in [-0.2, -0.15) is 5.10 Å². The number of benzene rings is 1. The molecular weight excluding hydrogens is 363 g/mol. The van der Waals surface area contributed by atoms with E-state index in [1.807, 2.05) is 4.90 Å². The van der Waals surface area contributed by atoms with Crippen molar-refractivity contribution in [3.63, 3.8) is 0 Å². The van der Waals surface area contributed by atoms with Crippen LogP contribution in [0.15, 0.2) is 34.9 Å². The van der Waals surface area contributed by atoms with Gasteiger partial charge in [-0.3, -0.25) is 14.4 Å². The molecule has 1 aliphatic heterocycles. The second-order valence-electron chi connectivity index (χ2n) is 5.66. The average Bonchev–Trinajstić information content (AvgIpc) is 2.88. The summed E-state index contributed by atoms with van der Waals surface area (Å²) in [5.41, 5.74) is 1.66. The van der Waals surface area contributed by atoms with Crippen LogP contribution in [0.1, 0.15) is 16.1 Å². The highest BCUT2D eigenvalue weighted by atomic mass is 79.9. The van der Waals surface area contributed by atoms with Crippen molar-refractivity contribution in [3.05, 3.63) is 52.0 Å². The van der Waals surface area contributed by atoms with Gasteiger partial charge in [-0.05, 0) is 33.6 Å². The van der Waals surface area contributed by atoms with Crippen LogP contribution < -0.4 is 0 Å². The number of amides is 1. The zero-order valence-electron chi connectivity index (χ0n) is 12.9. The van der Waals surface area contributed by atoms with Gasteiger partial charge in [-0.1, -0.05) is 12.1 Å². The lowest BCUT2D eigenvalue weighted by Crippen LogP contribution is -2.48. The van der Waals surface area contributed by atoms with Crippen LogP contribution in [0.25, 0.3) is 0 Å². The Labute approximate surface area is 142 Å². The summed E-state index contributed by atoms with van der Waals surface area (Å²) in [7, 11) is 1.77. The fourth-order valence-corrected chi connectivity index (χ4v) is 3.28. The summed E-state index contributed by atoms with van der Waals surface area (Å²) in [5, 5.41) is 4.09. The molecule has 0 unspecified atom stereocenters. The Morgan fingerprint density at radius 1 is 1.22 bits per heavy atom. The smallest absolute Gasteiger partial charge is 0.273 e. The molecule has 0 aliphatic carbocycles. The summed E-state index contributed by atoms with van der Waals surface area (Å²) >= 11 is 3.37. The zero-order chi connectivity index (χ0) is 16.4. The molecule has 1 fully saturated rings.